The van der Waals surface area contributed by atoms with Crippen LogP contribution in [0.25, 0.3) is 0 Å². The molecule has 2 N–H and O–H groups in total. The summed E-state index contributed by atoms with van der Waals surface area (Å²) in [5.41, 5.74) is 0. The van der Waals surface area contributed by atoms with E-state index in [0.29, 0.717) is 24.6 Å². The number of hydrogen-bond donors (Lipinski definition) is 2. The van der Waals surface area contributed by atoms with Crippen LogP contribution in [0.1, 0.15) is 25.7 Å². The smallest absolute Gasteiger partial charge is 0.240 e. The Morgan fingerprint density at radius 3 is 2.55 bits per heavy atom. The van der Waals surface area contributed by atoms with Gasteiger partial charge in [0.2, 0.25) is 11.9 Å². The average molecular weight is 277 g/mol. The maximum atomic E-state index is 11.9. The number of carbonyl (C=O) groups excluding carboxylic acids is 1. The Balaban J connectivity index is 1.77. The van der Waals surface area contributed by atoms with E-state index in [9.17, 15) is 4.79 Å². The van der Waals surface area contributed by atoms with Crippen LogP contribution in [0.5, 0.6) is 0 Å². The number of carbonyl (C=O) groups is 1. The van der Waals surface area contributed by atoms with Crippen LogP contribution in [0.2, 0.25) is 0 Å². The molecule has 0 radical (unpaired) electrons. The molecular weight excluding hydrogens is 254 g/mol. The molecule has 1 fully saturated rings. The summed E-state index contributed by atoms with van der Waals surface area (Å²) in [5, 5.41) is 6.04. The van der Waals surface area contributed by atoms with E-state index >= 15 is 0 Å². The minimum absolute atomic E-state index is 0.0607. The molecule has 6 nitrogen and oxygen atoms in total. The van der Waals surface area contributed by atoms with Crippen LogP contribution in [0.4, 0.5) is 5.95 Å². The standard InChI is InChI=1S/C14H23N5O/c1-15-11-4-6-12(7-5-11)19(2)10-13(20)18-14-16-8-3-9-17-14/h3,8-9,11-12,15H,4-7,10H2,1-2H3,(H,16,17,18,20). The SMILES string of the molecule is CNC1CCC(N(C)CC(=O)Nc2ncccn2)CC1. The first kappa shape index (κ1) is 14.9. The minimum atomic E-state index is -0.0607. The van der Waals surface area contributed by atoms with Crippen LogP contribution in [-0.2, 0) is 4.79 Å². The van der Waals surface area contributed by atoms with Gasteiger partial charge in [0.25, 0.3) is 0 Å². The molecule has 6 heteroatoms. The molecule has 1 aromatic heterocycles. The maximum Gasteiger partial charge on any atom is 0.240 e. The number of aromatic nitrogens is 2. The van der Waals surface area contributed by atoms with E-state index in [2.05, 4.69) is 25.5 Å². The molecule has 1 heterocycles. The quantitative estimate of drug-likeness (QED) is 0.836. The van der Waals surface area contributed by atoms with Gasteiger partial charge in [-0.2, -0.15) is 0 Å². The van der Waals surface area contributed by atoms with Gasteiger partial charge in [-0.25, -0.2) is 9.97 Å². The first-order valence-electron chi connectivity index (χ1n) is 7.13. The molecule has 1 aliphatic rings. The van der Waals surface area contributed by atoms with Gasteiger partial charge in [-0.3, -0.25) is 15.0 Å². The number of amides is 1. The van der Waals surface area contributed by atoms with E-state index in [1.807, 2.05) is 14.1 Å². The molecule has 0 aliphatic heterocycles. The summed E-state index contributed by atoms with van der Waals surface area (Å²) in [4.78, 5) is 22.0. The molecule has 20 heavy (non-hydrogen) atoms. The second-order valence-electron chi connectivity index (χ2n) is 5.33. The van der Waals surface area contributed by atoms with Crippen molar-refractivity contribution < 1.29 is 4.79 Å². The first-order chi connectivity index (χ1) is 9.69. The summed E-state index contributed by atoms with van der Waals surface area (Å²) in [5.74, 6) is 0.305. The zero-order valence-corrected chi connectivity index (χ0v) is 12.2. The van der Waals surface area contributed by atoms with Crippen molar-refractivity contribution in [2.24, 2.45) is 0 Å². The Morgan fingerprint density at radius 2 is 1.95 bits per heavy atom. The molecule has 0 saturated heterocycles. The van der Waals surface area contributed by atoms with E-state index in [4.69, 9.17) is 0 Å². The minimum Gasteiger partial charge on any atom is -0.317 e. The Bertz CT molecular complexity index is 417. The van der Waals surface area contributed by atoms with Gasteiger partial charge in [-0.15, -0.1) is 0 Å². The molecule has 110 valence electrons. The lowest BCUT2D eigenvalue weighted by Crippen LogP contribution is -2.42. The van der Waals surface area contributed by atoms with Gasteiger partial charge in [0.05, 0.1) is 6.54 Å². The monoisotopic (exact) mass is 277 g/mol. The highest BCUT2D eigenvalue weighted by molar-refractivity contribution is 5.90. The molecule has 1 aromatic rings. The van der Waals surface area contributed by atoms with Gasteiger partial charge in [-0.1, -0.05) is 0 Å². The number of likely N-dealkylation sites (N-methyl/N-ethyl adjacent to an activating group) is 1. The number of hydrogen-bond acceptors (Lipinski definition) is 5. The van der Waals surface area contributed by atoms with Gasteiger partial charge in [0, 0.05) is 24.5 Å². The topological polar surface area (TPSA) is 70.2 Å². The van der Waals surface area contributed by atoms with Crippen molar-refractivity contribution in [2.45, 2.75) is 37.8 Å². The highest BCUT2D eigenvalue weighted by Gasteiger charge is 2.24. The lowest BCUT2D eigenvalue weighted by Gasteiger charge is -2.34. The summed E-state index contributed by atoms with van der Waals surface area (Å²) < 4.78 is 0. The summed E-state index contributed by atoms with van der Waals surface area (Å²) in [7, 11) is 4.03. The number of anilines is 1. The zero-order chi connectivity index (χ0) is 14.4. The van der Waals surface area contributed by atoms with Crippen LogP contribution in [0.3, 0.4) is 0 Å². The van der Waals surface area contributed by atoms with Crippen LogP contribution >= 0.6 is 0 Å². The van der Waals surface area contributed by atoms with Crippen LogP contribution in [0, 0.1) is 0 Å². The Morgan fingerprint density at radius 1 is 1.30 bits per heavy atom. The fourth-order valence-corrected chi connectivity index (χ4v) is 2.69. The van der Waals surface area contributed by atoms with Crippen molar-refractivity contribution in [2.75, 3.05) is 26.0 Å². The third kappa shape index (κ3) is 4.25. The van der Waals surface area contributed by atoms with Crippen molar-refractivity contribution in [3.63, 3.8) is 0 Å². The largest absolute Gasteiger partial charge is 0.317 e. The van der Waals surface area contributed by atoms with Crippen molar-refractivity contribution in [1.82, 2.24) is 20.2 Å². The zero-order valence-electron chi connectivity index (χ0n) is 12.2. The second-order valence-corrected chi connectivity index (χ2v) is 5.33. The molecule has 1 saturated carbocycles. The fourth-order valence-electron chi connectivity index (χ4n) is 2.69. The van der Waals surface area contributed by atoms with Gasteiger partial charge < -0.3 is 5.32 Å². The van der Waals surface area contributed by atoms with Crippen molar-refractivity contribution >= 4 is 11.9 Å². The van der Waals surface area contributed by atoms with Gasteiger partial charge in [0.1, 0.15) is 0 Å². The van der Waals surface area contributed by atoms with E-state index < -0.39 is 0 Å². The molecule has 0 spiro atoms. The van der Waals surface area contributed by atoms with Gasteiger partial charge in [-0.05, 0) is 45.8 Å². The van der Waals surface area contributed by atoms with E-state index in [1.165, 1.54) is 12.8 Å². The Kier molecular flexibility index (Phi) is 5.43. The summed E-state index contributed by atoms with van der Waals surface area (Å²) in [6, 6.07) is 2.84. The number of nitrogens with one attached hydrogen (secondary N) is 2. The summed E-state index contributed by atoms with van der Waals surface area (Å²) >= 11 is 0. The Labute approximate surface area is 120 Å². The van der Waals surface area contributed by atoms with Crippen LogP contribution < -0.4 is 10.6 Å². The first-order valence-corrected chi connectivity index (χ1v) is 7.13. The second kappa shape index (κ2) is 7.31. The van der Waals surface area contributed by atoms with Crippen molar-refractivity contribution in [1.29, 1.82) is 0 Å². The average Bonchev–Trinajstić information content (AvgIpc) is 2.48. The highest BCUT2D eigenvalue weighted by atomic mass is 16.2. The number of nitrogens with zero attached hydrogens (tertiary/aromatic N) is 3. The molecule has 0 bridgehead atoms. The van der Waals surface area contributed by atoms with Crippen molar-refractivity contribution in [3.8, 4) is 0 Å². The van der Waals surface area contributed by atoms with Gasteiger partial charge >= 0.3 is 0 Å². The van der Waals surface area contributed by atoms with Crippen LogP contribution in [-0.4, -0.2) is 53.5 Å². The fraction of sp³-hybridized carbons (Fsp3) is 0.643. The predicted molar refractivity (Wildman–Crippen MR) is 78.4 cm³/mol. The number of rotatable bonds is 5. The predicted octanol–water partition coefficient (Wildman–Crippen LogP) is 0.877. The van der Waals surface area contributed by atoms with E-state index in [0.717, 1.165) is 12.8 Å². The normalized spacial score (nSPS) is 22.8. The molecule has 1 aliphatic carbocycles. The molecule has 2 rings (SSSR count). The van der Waals surface area contributed by atoms with Crippen LogP contribution in [0.15, 0.2) is 18.5 Å². The molecule has 1 amide bonds. The molecule has 0 unspecified atom stereocenters. The molecular formula is C14H23N5O. The Hall–Kier alpha value is -1.53. The molecule has 0 atom stereocenters. The highest BCUT2D eigenvalue weighted by Crippen LogP contribution is 2.21. The van der Waals surface area contributed by atoms with E-state index in [-0.39, 0.29) is 5.91 Å². The lowest BCUT2D eigenvalue weighted by molar-refractivity contribution is -0.117. The molecule has 0 aromatic carbocycles. The van der Waals surface area contributed by atoms with E-state index in [1.54, 1.807) is 18.5 Å². The van der Waals surface area contributed by atoms with Gasteiger partial charge in [0.15, 0.2) is 0 Å². The van der Waals surface area contributed by atoms with Crippen molar-refractivity contribution in [3.05, 3.63) is 18.5 Å². The third-order valence-corrected chi connectivity index (χ3v) is 3.94. The third-order valence-electron chi connectivity index (χ3n) is 3.94. The summed E-state index contributed by atoms with van der Waals surface area (Å²) in [6.45, 7) is 0.382. The maximum absolute atomic E-state index is 11.9. The summed E-state index contributed by atoms with van der Waals surface area (Å²) in [6.07, 6.45) is 7.86. The lowest BCUT2D eigenvalue weighted by atomic mass is 9.90.